The van der Waals surface area contributed by atoms with E-state index in [9.17, 15) is 9.59 Å². The molecule has 0 unspecified atom stereocenters. The Labute approximate surface area is 89.9 Å². The highest BCUT2D eigenvalue weighted by Gasteiger charge is 2.27. The fraction of sp³-hybridized carbons (Fsp3) is 0.818. The summed E-state index contributed by atoms with van der Waals surface area (Å²) in [4.78, 5) is 23.2. The molecule has 0 amide bonds. The van der Waals surface area contributed by atoms with Crippen molar-refractivity contribution in [2.75, 3.05) is 14.2 Å². The molecule has 0 heterocycles. The summed E-state index contributed by atoms with van der Waals surface area (Å²) in [7, 11) is 2.79. The monoisotopic (exact) mass is 214 g/mol. The van der Waals surface area contributed by atoms with Crippen molar-refractivity contribution in [2.24, 2.45) is 5.92 Å². The summed E-state index contributed by atoms with van der Waals surface area (Å²) in [5.41, 5.74) is 0. The summed E-state index contributed by atoms with van der Waals surface area (Å²) in [5, 5.41) is 0. The van der Waals surface area contributed by atoms with Gasteiger partial charge < -0.3 is 9.47 Å². The number of hydrogen-bond donors (Lipinski definition) is 0. The van der Waals surface area contributed by atoms with Gasteiger partial charge in [-0.2, -0.15) is 0 Å². The quantitative estimate of drug-likeness (QED) is 0.494. The van der Waals surface area contributed by atoms with Gasteiger partial charge in [0.25, 0.3) is 0 Å². The molecule has 4 heteroatoms. The molecule has 86 valence electrons. The maximum Gasteiger partial charge on any atom is 0.217 e. The summed E-state index contributed by atoms with van der Waals surface area (Å²) in [6.07, 6.45) is 3.10. The second kappa shape index (κ2) is 5.98. The lowest BCUT2D eigenvalue weighted by Crippen LogP contribution is -2.28. The number of carbonyl (C=O) groups is 2. The zero-order valence-electron chi connectivity index (χ0n) is 9.32. The minimum absolute atomic E-state index is 0.0385. The van der Waals surface area contributed by atoms with E-state index >= 15 is 0 Å². The van der Waals surface area contributed by atoms with E-state index in [1.807, 2.05) is 0 Å². The van der Waals surface area contributed by atoms with Gasteiger partial charge in [-0.1, -0.05) is 12.8 Å². The van der Waals surface area contributed by atoms with Gasteiger partial charge >= 0.3 is 0 Å². The van der Waals surface area contributed by atoms with E-state index in [1.54, 1.807) is 0 Å². The predicted molar refractivity (Wildman–Crippen MR) is 54.4 cm³/mol. The second-order valence-corrected chi connectivity index (χ2v) is 3.89. The van der Waals surface area contributed by atoms with E-state index in [2.05, 4.69) is 0 Å². The minimum Gasteiger partial charge on any atom is -0.349 e. The Morgan fingerprint density at radius 2 is 1.73 bits per heavy atom. The Morgan fingerprint density at radius 1 is 1.20 bits per heavy atom. The van der Waals surface area contributed by atoms with Crippen molar-refractivity contribution in [3.8, 4) is 0 Å². The van der Waals surface area contributed by atoms with Crippen molar-refractivity contribution in [3.05, 3.63) is 0 Å². The Kier molecular flexibility index (Phi) is 4.91. The maximum absolute atomic E-state index is 11.7. The lowest BCUT2D eigenvalue weighted by atomic mass is 9.98. The molecule has 15 heavy (non-hydrogen) atoms. The first kappa shape index (κ1) is 12.3. The summed E-state index contributed by atoms with van der Waals surface area (Å²) < 4.78 is 9.60. The van der Waals surface area contributed by atoms with Crippen LogP contribution in [0, 0.1) is 5.92 Å². The number of rotatable bonds is 6. The standard InChI is InChI=1S/C11H18O4/c1-14-11(15-2)10(13)7-9(12)8-5-3-4-6-8/h8,11H,3-7H2,1-2H3. The Hall–Kier alpha value is -0.740. The third kappa shape index (κ3) is 3.39. The van der Waals surface area contributed by atoms with Crippen molar-refractivity contribution >= 4 is 11.6 Å². The molecular weight excluding hydrogens is 196 g/mol. The summed E-state index contributed by atoms with van der Waals surface area (Å²) in [6.45, 7) is 0. The molecule has 0 bridgehead atoms. The first-order valence-corrected chi connectivity index (χ1v) is 5.30. The van der Waals surface area contributed by atoms with Crippen LogP contribution in [0.2, 0.25) is 0 Å². The van der Waals surface area contributed by atoms with Gasteiger partial charge in [0.2, 0.25) is 6.29 Å². The zero-order valence-corrected chi connectivity index (χ0v) is 9.32. The molecule has 0 saturated heterocycles. The second-order valence-electron chi connectivity index (χ2n) is 3.89. The average molecular weight is 214 g/mol. The van der Waals surface area contributed by atoms with E-state index in [1.165, 1.54) is 14.2 Å². The van der Waals surface area contributed by atoms with Gasteiger partial charge in [0.1, 0.15) is 5.78 Å². The molecule has 1 rings (SSSR count). The smallest absolute Gasteiger partial charge is 0.217 e. The number of Topliss-reactive ketones (excluding diaryl/α,β-unsaturated/α-hetero) is 2. The number of methoxy groups -OCH3 is 2. The first-order valence-electron chi connectivity index (χ1n) is 5.30. The summed E-state index contributed by atoms with van der Waals surface area (Å²) in [5.74, 6) is -0.156. The molecule has 1 saturated carbocycles. The van der Waals surface area contributed by atoms with Crippen LogP contribution in [-0.4, -0.2) is 32.1 Å². The minimum atomic E-state index is -0.893. The largest absolute Gasteiger partial charge is 0.349 e. The van der Waals surface area contributed by atoms with Crippen LogP contribution in [0.1, 0.15) is 32.1 Å². The average Bonchev–Trinajstić information content (AvgIpc) is 2.72. The van der Waals surface area contributed by atoms with Gasteiger partial charge in [-0.25, -0.2) is 0 Å². The Morgan fingerprint density at radius 3 is 2.20 bits per heavy atom. The fourth-order valence-electron chi connectivity index (χ4n) is 2.01. The molecular formula is C11H18O4. The molecule has 0 aromatic heterocycles. The number of ketones is 2. The zero-order chi connectivity index (χ0) is 11.3. The first-order chi connectivity index (χ1) is 7.19. The summed E-state index contributed by atoms with van der Waals surface area (Å²) in [6, 6.07) is 0. The topological polar surface area (TPSA) is 52.6 Å². The lowest BCUT2D eigenvalue weighted by Gasteiger charge is -2.13. The fourth-order valence-corrected chi connectivity index (χ4v) is 2.01. The van der Waals surface area contributed by atoms with Crippen LogP contribution in [0.3, 0.4) is 0 Å². The molecule has 0 spiro atoms. The molecule has 4 nitrogen and oxygen atoms in total. The molecule has 0 aliphatic heterocycles. The van der Waals surface area contributed by atoms with Crippen molar-refractivity contribution in [1.82, 2.24) is 0 Å². The Balaban J connectivity index is 2.39. The van der Waals surface area contributed by atoms with E-state index in [4.69, 9.17) is 9.47 Å². The van der Waals surface area contributed by atoms with Crippen molar-refractivity contribution < 1.29 is 19.1 Å². The molecule has 0 aromatic rings. The molecule has 0 N–H and O–H groups in total. The molecule has 1 aliphatic rings. The van der Waals surface area contributed by atoms with E-state index < -0.39 is 6.29 Å². The SMILES string of the molecule is COC(OC)C(=O)CC(=O)C1CCCC1. The Bertz CT molecular complexity index is 215. The van der Waals surface area contributed by atoms with Crippen LogP contribution in [0.15, 0.2) is 0 Å². The maximum atomic E-state index is 11.7. The van der Waals surface area contributed by atoms with Gasteiger partial charge in [-0.3, -0.25) is 9.59 Å². The normalized spacial score (nSPS) is 17.3. The number of ether oxygens (including phenoxy) is 2. The molecule has 1 aliphatic carbocycles. The number of carbonyl (C=O) groups excluding carboxylic acids is 2. The molecule has 0 atom stereocenters. The van der Waals surface area contributed by atoms with Crippen LogP contribution < -0.4 is 0 Å². The molecule has 1 fully saturated rings. The van der Waals surface area contributed by atoms with Crippen LogP contribution in [0.4, 0.5) is 0 Å². The summed E-state index contributed by atoms with van der Waals surface area (Å²) >= 11 is 0. The van der Waals surface area contributed by atoms with Crippen LogP contribution in [0.5, 0.6) is 0 Å². The van der Waals surface area contributed by atoms with E-state index in [-0.39, 0.29) is 23.9 Å². The van der Waals surface area contributed by atoms with E-state index in [0.717, 1.165) is 25.7 Å². The third-order valence-corrected chi connectivity index (χ3v) is 2.85. The van der Waals surface area contributed by atoms with E-state index in [0.29, 0.717) is 0 Å². The lowest BCUT2D eigenvalue weighted by molar-refractivity contribution is -0.158. The highest BCUT2D eigenvalue weighted by molar-refractivity contribution is 6.01. The van der Waals surface area contributed by atoms with Crippen LogP contribution in [-0.2, 0) is 19.1 Å². The van der Waals surface area contributed by atoms with Crippen LogP contribution >= 0.6 is 0 Å². The highest BCUT2D eigenvalue weighted by Crippen LogP contribution is 2.26. The molecule has 0 radical (unpaired) electrons. The highest BCUT2D eigenvalue weighted by atomic mass is 16.7. The van der Waals surface area contributed by atoms with Crippen molar-refractivity contribution in [1.29, 1.82) is 0 Å². The van der Waals surface area contributed by atoms with Crippen LogP contribution in [0.25, 0.3) is 0 Å². The molecule has 0 aromatic carbocycles. The van der Waals surface area contributed by atoms with Crippen molar-refractivity contribution in [3.63, 3.8) is 0 Å². The van der Waals surface area contributed by atoms with Crippen molar-refractivity contribution in [2.45, 2.75) is 38.4 Å². The number of hydrogen-bond acceptors (Lipinski definition) is 4. The third-order valence-electron chi connectivity index (χ3n) is 2.85. The van der Waals surface area contributed by atoms with Gasteiger partial charge in [0.05, 0.1) is 6.42 Å². The van der Waals surface area contributed by atoms with Gasteiger partial charge in [0, 0.05) is 20.1 Å². The predicted octanol–water partition coefficient (Wildman–Crippen LogP) is 1.32. The van der Waals surface area contributed by atoms with Gasteiger partial charge in [-0.05, 0) is 12.8 Å². The van der Waals surface area contributed by atoms with Gasteiger partial charge in [-0.15, -0.1) is 0 Å². The van der Waals surface area contributed by atoms with Gasteiger partial charge in [0.15, 0.2) is 5.78 Å².